The molecule has 1 heterocycles. The summed E-state index contributed by atoms with van der Waals surface area (Å²) in [7, 11) is 2.73. The van der Waals surface area contributed by atoms with Crippen LogP contribution < -0.4 is 9.47 Å². The van der Waals surface area contributed by atoms with Crippen molar-refractivity contribution in [2.75, 3.05) is 20.8 Å². The van der Waals surface area contributed by atoms with Gasteiger partial charge < -0.3 is 14.2 Å². The first-order chi connectivity index (χ1) is 14.4. The van der Waals surface area contributed by atoms with Gasteiger partial charge in [-0.25, -0.2) is 4.79 Å². The number of para-hydroxylation sites is 1. The Balaban J connectivity index is 1.87. The van der Waals surface area contributed by atoms with Crippen LogP contribution in [0.5, 0.6) is 11.5 Å². The first-order valence-electron chi connectivity index (χ1n) is 8.79. The van der Waals surface area contributed by atoms with Crippen molar-refractivity contribution in [3.63, 3.8) is 0 Å². The van der Waals surface area contributed by atoms with Gasteiger partial charge in [0, 0.05) is 10.0 Å². The lowest BCUT2D eigenvalue weighted by Gasteiger charge is -2.13. The van der Waals surface area contributed by atoms with E-state index in [-0.39, 0.29) is 29.0 Å². The van der Waals surface area contributed by atoms with Crippen molar-refractivity contribution in [3.05, 3.63) is 63.0 Å². The molecule has 0 N–H and O–H groups in total. The second kappa shape index (κ2) is 9.82. The zero-order valence-corrected chi connectivity index (χ0v) is 18.6. The molecule has 0 spiro atoms. The molecule has 0 atom stereocenters. The van der Waals surface area contributed by atoms with Crippen LogP contribution in [0.3, 0.4) is 0 Å². The predicted octanol–water partition coefficient (Wildman–Crippen LogP) is 4.25. The largest absolute Gasteiger partial charge is 0.493 e. The van der Waals surface area contributed by atoms with Gasteiger partial charge in [-0.1, -0.05) is 40.2 Å². The number of thioether (sulfide) groups is 1. The zero-order valence-electron chi connectivity index (χ0n) is 16.2. The maximum atomic E-state index is 12.8. The molecule has 1 aliphatic rings. The number of carbonyl (C=O) groups excluding carboxylic acids is 3. The first-order valence-corrected chi connectivity index (χ1v) is 10.4. The highest BCUT2D eigenvalue weighted by molar-refractivity contribution is 9.10. The summed E-state index contributed by atoms with van der Waals surface area (Å²) in [6.07, 6.45) is 1.56. The second-order valence-electron chi connectivity index (χ2n) is 6.14. The van der Waals surface area contributed by atoms with E-state index < -0.39 is 11.9 Å². The van der Waals surface area contributed by atoms with E-state index in [0.717, 1.165) is 21.8 Å². The number of amides is 2. The number of benzene rings is 2. The van der Waals surface area contributed by atoms with E-state index in [1.165, 1.54) is 19.1 Å². The fourth-order valence-electron chi connectivity index (χ4n) is 2.75. The Labute approximate surface area is 186 Å². The number of rotatable bonds is 7. The fraction of sp³-hybridized carbons (Fsp3) is 0.190. The van der Waals surface area contributed by atoms with E-state index in [4.69, 9.17) is 9.47 Å². The van der Waals surface area contributed by atoms with Gasteiger partial charge in [-0.15, -0.1) is 0 Å². The van der Waals surface area contributed by atoms with Crippen LogP contribution in [0.2, 0.25) is 0 Å². The van der Waals surface area contributed by atoms with Crippen molar-refractivity contribution in [2.24, 2.45) is 0 Å². The number of nitrogens with zero attached hydrogens (tertiary/aromatic N) is 1. The molecule has 0 saturated carbocycles. The van der Waals surface area contributed by atoms with Crippen LogP contribution in [0, 0.1) is 0 Å². The highest BCUT2D eigenvalue weighted by Crippen LogP contribution is 2.38. The first kappa shape index (κ1) is 21.9. The molecular weight excluding hydrogens is 474 g/mol. The summed E-state index contributed by atoms with van der Waals surface area (Å²) < 4.78 is 16.3. The topological polar surface area (TPSA) is 82.1 Å². The van der Waals surface area contributed by atoms with Crippen LogP contribution in [-0.4, -0.2) is 42.8 Å². The molecule has 0 radical (unpaired) electrons. The molecule has 1 fully saturated rings. The maximum Gasteiger partial charge on any atom is 0.343 e. The number of carbonyl (C=O) groups is 3. The minimum Gasteiger partial charge on any atom is -0.493 e. The van der Waals surface area contributed by atoms with Crippen molar-refractivity contribution >= 4 is 50.9 Å². The highest BCUT2D eigenvalue weighted by Gasteiger charge is 2.35. The van der Waals surface area contributed by atoms with Gasteiger partial charge >= 0.3 is 5.97 Å². The summed E-state index contributed by atoms with van der Waals surface area (Å²) in [5, 5.41) is -0.355. The predicted molar refractivity (Wildman–Crippen MR) is 116 cm³/mol. The molecular formula is C21H18BrNO6S. The van der Waals surface area contributed by atoms with Gasteiger partial charge in [0.05, 0.1) is 25.7 Å². The standard InChI is InChI=1S/C21H18BrNO6S/c1-27-16-8-4-6-14(19(16)29-12-18(24)28-2)10-17-20(25)23(21(26)30-17)11-13-5-3-7-15(22)9-13/h3-10H,11-12H2,1-2H3/b17-10+. The number of imide groups is 1. The summed E-state index contributed by atoms with van der Waals surface area (Å²) >= 11 is 4.24. The lowest BCUT2D eigenvalue weighted by atomic mass is 10.1. The number of hydrogen-bond acceptors (Lipinski definition) is 7. The van der Waals surface area contributed by atoms with Gasteiger partial charge in [-0.3, -0.25) is 14.5 Å². The Bertz CT molecular complexity index is 1020. The molecule has 3 rings (SSSR count). The molecule has 30 heavy (non-hydrogen) atoms. The maximum absolute atomic E-state index is 12.8. The van der Waals surface area contributed by atoms with Crippen LogP contribution in [-0.2, 0) is 20.9 Å². The number of halogens is 1. The molecule has 0 bridgehead atoms. The van der Waals surface area contributed by atoms with E-state index in [1.54, 1.807) is 24.3 Å². The molecule has 1 saturated heterocycles. The fourth-order valence-corrected chi connectivity index (χ4v) is 4.02. The summed E-state index contributed by atoms with van der Waals surface area (Å²) in [5.74, 6) is -0.280. The van der Waals surface area contributed by atoms with E-state index in [2.05, 4.69) is 20.7 Å². The van der Waals surface area contributed by atoms with Crippen molar-refractivity contribution in [1.29, 1.82) is 0 Å². The summed E-state index contributed by atoms with van der Waals surface area (Å²) in [6.45, 7) is -0.146. The highest BCUT2D eigenvalue weighted by atomic mass is 79.9. The van der Waals surface area contributed by atoms with Crippen molar-refractivity contribution in [3.8, 4) is 11.5 Å². The van der Waals surface area contributed by atoms with Gasteiger partial charge in [0.1, 0.15) is 0 Å². The Morgan fingerprint density at radius 3 is 2.63 bits per heavy atom. The molecule has 2 aromatic rings. The van der Waals surface area contributed by atoms with Gasteiger partial charge in [0.2, 0.25) is 0 Å². The minimum atomic E-state index is -0.554. The lowest BCUT2D eigenvalue weighted by molar-refractivity contribution is -0.143. The molecule has 2 amide bonds. The van der Waals surface area contributed by atoms with Crippen molar-refractivity contribution < 1.29 is 28.6 Å². The average Bonchev–Trinajstić information content (AvgIpc) is 2.99. The third kappa shape index (κ3) is 5.03. The lowest BCUT2D eigenvalue weighted by Crippen LogP contribution is -2.27. The Hall–Kier alpha value is -2.78. The quantitative estimate of drug-likeness (QED) is 0.422. The van der Waals surface area contributed by atoms with Gasteiger partial charge in [0.25, 0.3) is 11.1 Å². The summed E-state index contributed by atoms with van der Waals surface area (Å²) in [6, 6.07) is 12.5. The number of methoxy groups -OCH3 is 2. The van der Waals surface area contributed by atoms with Crippen molar-refractivity contribution in [2.45, 2.75) is 6.54 Å². The van der Waals surface area contributed by atoms with Crippen LogP contribution in [0.4, 0.5) is 4.79 Å². The third-order valence-corrected chi connectivity index (χ3v) is 5.58. The van der Waals surface area contributed by atoms with Gasteiger partial charge in [-0.2, -0.15) is 0 Å². The van der Waals surface area contributed by atoms with Crippen LogP contribution in [0.25, 0.3) is 6.08 Å². The normalized spacial score (nSPS) is 14.9. The number of hydrogen-bond donors (Lipinski definition) is 0. The van der Waals surface area contributed by atoms with E-state index in [9.17, 15) is 14.4 Å². The van der Waals surface area contributed by atoms with Crippen LogP contribution >= 0.6 is 27.7 Å². The van der Waals surface area contributed by atoms with Crippen LogP contribution in [0.15, 0.2) is 51.8 Å². The molecule has 1 aliphatic heterocycles. The summed E-state index contributed by atoms with van der Waals surface area (Å²) in [5.41, 5.74) is 1.34. The molecule has 0 unspecified atom stereocenters. The second-order valence-corrected chi connectivity index (χ2v) is 8.05. The van der Waals surface area contributed by atoms with Crippen molar-refractivity contribution in [1.82, 2.24) is 4.90 Å². The van der Waals surface area contributed by atoms with Crippen LogP contribution in [0.1, 0.15) is 11.1 Å². The monoisotopic (exact) mass is 491 g/mol. The van der Waals surface area contributed by atoms with Gasteiger partial charge in [0.15, 0.2) is 18.1 Å². The molecule has 156 valence electrons. The smallest absolute Gasteiger partial charge is 0.343 e. The number of ether oxygens (including phenoxy) is 3. The molecule has 0 aromatic heterocycles. The van der Waals surface area contributed by atoms with E-state index in [1.807, 2.05) is 24.3 Å². The van der Waals surface area contributed by atoms with E-state index in [0.29, 0.717) is 11.3 Å². The SMILES string of the molecule is COC(=O)COc1c(/C=C2/SC(=O)N(Cc3cccc(Br)c3)C2=O)cccc1OC. The Morgan fingerprint density at radius 1 is 1.17 bits per heavy atom. The summed E-state index contributed by atoms with van der Waals surface area (Å²) in [4.78, 5) is 38.2. The minimum absolute atomic E-state index is 0.172. The molecule has 0 aliphatic carbocycles. The third-order valence-electron chi connectivity index (χ3n) is 4.18. The van der Waals surface area contributed by atoms with E-state index >= 15 is 0 Å². The Kier molecular flexibility index (Phi) is 7.17. The van der Waals surface area contributed by atoms with Gasteiger partial charge in [-0.05, 0) is 41.6 Å². The molecule has 2 aromatic carbocycles. The average molecular weight is 492 g/mol. The Morgan fingerprint density at radius 2 is 1.93 bits per heavy atom. The number of esters is 1. The molecule has 9 heteroatoms. The zero-order chi connectivity index (χ0) is 21.7. The molecule has 7 nitrogen and oxygen atoms in total.